The lowest BCUT2D eigenvalue weighted by atomic mass is 10.2. The fourth-order valence-corrected chi connectivity index (χ4v) is 2.36. The number of aliphatic imine (C=N–C) groups is 1. The van der Waals surface area contributed by atoms with E-state index in [1.165, 1.54) is 5.56 Å². The Balaban J connectivity index is 1.59. The van der Waals surface area contributed by atoms with Crippen molar-refractivity contribution in [1.29, 1.82) is 0 Å². The van der Waals surface area contributed by atoms with E-state index >= 15 is 0 Å². The number of aromatic nitrogens is 3. The van der Waals surface area contributed by atoms with Crippen molar-refractivity contribution < 1.29 is 4.74 Å². The van der Waals surface area contributed by atoms with Crippen LogP contribution >= 0.6 is 0 Å². The van der Waals surface area contributed by atoms with Crippen LogP contribution in [0.5, 0.6) is 5.75 Å². The molecular weight excluding hydrogens is 316 g/mol. The van der Waals surface area contributed by atoms with Gasteiger partial charge in [0.2, 0.25) is 0 Å². The van der Waals surface area contributed by atoms with Gasteiger partial charge in [-0.1, -0.05) is 24.6 Å². The zero-order valence-corrected chi connectivity index (χ0v) is 15.3. The number of rotatable bonds is 9. The van der Waals surface area contributed by atoms with Crippen molar-refractivity contribution in [3.63, 3.8) is 0 Å². The first kappa shape index (κ1) is 18.8. The zero-order valence-electron chi connectivity index (χ0n) is 15.3. The summed E-state index contributed by atoms with van der Waals surface area (Å²) in [5.74, 6) is 2.70. The summed E-state index contributed by atoms with van der Waals surface area (Å²) in [5.41, 5.74) is 1.24. The summed E-state index contributed by atoms with van der Waals surface area (Å²) < 4.78 is 7.77. The summed E-state index contributed by atoms with van der Waals surface area (Å²) >= 11 is 0. The van der Waals surface area contributed by atoms with Gasteiger partial charge in [-0.3, -0.25) is 4.99 Å². The Labute approximate surface area is 149 Å². The molecular formula is C18H28N6O. The minimum atomic E-state index is 0.674. The number of nitrogens with zero attached hydrogens (tertiary/aromatic N) is 4. The number of ether oxygens (including phenoxy) is 1. The largest absolute Gasteiger partial charge is 0.494 e. The molecule has 0 bridgehead atoms. The van der Waals surface area contributed by atoms with Gasteiger partial charge in [0.1, 0.15) is 17.9 Å². The van der Waals surface area contributed by atoms with Crippen LogP contribution in [0.2, 0.25) is 0 Å². The maximum Gasteiger partial charge on any atom is 0.191 e. The van der Waals surface area contributed by atoms with E-state index in [0.29, 0.717) is 6.61 Å². The van der Waals surface area contributed by atoms with Gasteiger partial charge in [0.05, 0.1) is 6.61 Å². The van der Waals surface area contributed by atoms with Gasteiger partial charge in [-0.05, 0) is 25.5 Å². The summed E-state index contributed by atoms with van der Waals surface area (Å²) in [6.45, 7) is 7.20. The van der Waals surface area contributed by atoms with Gasteiger partial charge in [-0.25, -0.2) is 0 Å². The first-order valence-corrected chi connectivity index (χ1v) is 8.73. The second kappa shape index (κ2) is 10.3. The maximum atomic E-state index is 5.71. The van der Waals surface area contributed by atoms with Gasteiger partial charge < -0.3 is 19.9 Å². The number of aryl methyl sites for hydroxylation is 2. The van der Waals surface area contributed by atoms with E-state index in [1.807, 2.05) is 12.1 Å². The van der Waals surface area contributed by atoms with E-state index in [9.17, 15) is 0 Å². The Hall–Kier alpha value is -2.57. The van der Waals surface area contributed by atoms with Crippen LogP contribution < -0.4 is 15.4 Å². The molecule has 7 heteroatoms. The van der Waals surface area contributed by atoms with Crippen LogP contribution in [0, 0.1) is 6.92 Å². The number of guanidine groups is 1. The van der Waals surface area contributed by atoms with Crippen molar-refractivity contribution in [2.24, 2.45) is 4.99 Å². The van der Waals surface area contributed by atoms with Gasteiger partial charge in [-0.15, -0.1) is 10.2 Å². The monoisotopic (exact) mass is 344 g/mol. The van der Waals surface area contributed by atoms with Crippen LogP contribution in [0.3, 0.4) is 0 Å². The molecule has 0 aliphatic carbocycles. The van der Waals surface area contributed by atoms with Gasteiger partial charge in [0.25, 0.3) is 0 Å². The van der Waals surface area contributed by atoms with Crippen molar-refractivity contribution >= 4 is 5.96 Å². The minimum Gasteiger partial charge on any atom is -0.494 e. The van der Waals surface area contributed by atoms with E-state index in [2.05, 4.69) is 56.4 Å². The molecule has 136 valence electrons. The number of hydrogen-bond donors (Lipinski definition) is 2. The number of benzene rings is 1. The molecule has 2 aromatic rings. The second-order valence-corrected chi connectivity index (χ2v) is 5.73. The van der Waals surface area contributed by atoms with Gasteiger partial charge in [-0.2, -0.15) is 0 Å². The number of hydrogen-bond acceptors (Lipinski definition) is 4. The summed E-state index contributed by atoms with van der Waals surface area (Å²) in [5, 5.41) is 14.6. The van der Waals surface area contributed by atoms with Gasteiger partial charge in [0, 0.05) is 33.1 Å². The highest BCUT2D eigenvalue weighted by Crippen LogP contribution is 2.11. The van der Waals surface area contributed by atoms with Crippen molar-refractivity contribution in [3.8, 4) is 5.75 Å². The van der Waals surface area contributed by atoms with E-state index in [1.54, 1.807) is 13.4 Å². The van der Waals surface area contributed by atoms with Crippen molar-refractivity contribution in [2.45, 2.75) is 33.2 Å². The predicted octanol–water partition coefficient (Wildman–Crippen LogP) is 1.78. The van der Waals surface area contributed by atoms with Crippen molar-refractivity contribution in [1.82, 2.24) is 25.4 Å². The molecule has 25 heavy (non-hydrogen) atoms. The van der Waals surface area contributed by atoms with E-state index in [4.69, 9.17) is 4.74 Å². The lowest BCUT2D eigenvalue weighted by Crippen LogP contribution is -2.39. The Bertz CT molecular complexity index is 650. The van der Waals surface area contributed by atoms with E-state index < -0.39 is 0 Å². The molecule has 2 N–H and O–H groups in total. The second-order valence-electron chi connectivity index (χ2n) is 5.73. The lowest BCUT2D eigenvalue weighted by Gasteiger charge is -2.13. The fourth-order valence-electron chi connectivity index (χ4n) is 2.36. The molecule has 0 aliphatic rings. The molecule has 0 spiro atoms. The highest BCUT2D eigenvalue weighted by Gasteiger charge is 2.02. The van der Waals surface area contributed by atoms with Crippen LogP contribution in [-0.4, -0.2) is 47.5 Å². The van der Waals surface area contributed by atoms with E-state index in [-0.39, 0.29) is 0 Å². The Morgan fingerprint density at radius 3 is 2.68 bits per heavy atom. The summed E-state index contributed by atoms with van der Waals surface area (Å²) in [6, 6.07) is 8.11. The average Bonchev–Trinajstić information content (AvgIpc) is 3.09. The molecule has 0 saturated carbocycles. The maximum absolute atomic E-state index is 5.71. The molecule has 0 amide bonds. The average molecular weight is 344 g/mol. The smallest absolute Gasteiger partial charge is 0.191 e. The van der Waals surface area contributed by atoms with Crippen molar-refractivity contribution in [2.75, 3.05) is 26.7 Å². The van der Waals surface area contributed by atoms with Crippen LogP contribution in [0.25, 0.3) is 0 Å². The van der Waals surface area contributed by atoms with E-state index in [0.717, 1.165) is 50.0 Å². The topological polar surface area (TPSA) is 76.4 Å². The number of nitrogens with one attached hydrogen (secondary N) is 2. The molecule has 1 aromatic heterocycles. The summed E-state index contributed by atoms with van der Waals surface area (Å²) in [4.78, 5) is 4.23. The Morgan fingerprint density at radius 1 is 1.20 bits per heavy atom. The standard InChI is InChI=1S/C18H28N6O/c1-4-17-23-22-14-24(17)12-11-21-18(19-3)20-10-5-13-25-16-8-6-15(2)7-9-16/h6-9,14H,4-5,10-13H2,1-3H3,(H2,19,20,21). The molecule has 0 atom stereocenters. The third-order valence-electron chi connectivity index (χ3n) is 3.78. The molecule has 0 saturated heterocycles. The Kier molecular flexibility index (Phi) is 7.75. The molecule has 0 fully saturated rings. The van der Waals surface area contributed by atoms with Crippen LogP contribution in [0.1, 0.15) is 24.7 Å². The molecule has 0 aliphatic heterocycles. The van der Waals surface area contributed by atoms with Crippen LogP contribution in [0.15, 0.2) is 35.6 Å². The van der Waals surface area contributed by atoms with Crippen LogP contribution in [0.4, 0.5) is 0 Å². The third-order valence-corrected chi connectivity index (χ3v) is 3.78. The molecule has 1 heterocycles. The normalized spacial score (nSPS) is 11.4. The summed E-state index contributed by atoms with van der Waals surface area (Å²) in [6.07, 6.45) is 3.55. The highest BCUT2D eigenvalue weighted by atomic mass is 16.5. The molecule has 0 radical (unpaired) electrons. The predicted molar refractivity (Wildman–Crippen MR) is 100 cm³/mol. The fraction of sp³-hybridized carbons (Fsp3) is 0.500. The van der Waals surface area contributed by atoms with Gasteiger partial charge in [0.15, 0.2) is 5.96 Å². The first-order valence-electron chi connectivity index (χ1n) is 8.73. The first-order chi connectivity index (χ1) is 12.2. The lowest BCUT2D eigenvalue weighted by molar-refractivity contribution is 0.311. The SMILES string of the molecule is CCc1nncn1CCNC(=NC)NCCCOc1ccc(C)cc1. The quantitative estimate of drug-likeness (QED) is 0.412. The summed E-state index contributed by atoms with van der Waals surface area (Å²) in [7, 11) is 1.77. The van der Waals surface area contributed by atoms with Crippen molar-refractivity contribution in [3.05, 3.63) is 42.0 Å². The third kappa shape index (κ3) is 6.45. The van der Waals surface area contributed by atoms with Crippen LogP contribution in [-0.2, 0) is 13.0 Å². The van der Waals surface area contributed by atoms with Gasteiger partial charge >= 0.3 is 0 Å². The molecule has 7 nitrogen and oxygen atoms in total. The molecule has 0 unspecified atom stereocenters. The minimum absolute atomic E-state index is 0.674. The Morgan fingerprint density at radius 2 is 1.96 bits per heavy atom. The molecule has 1 aromatic carbocycles. The highest BCUT2D eigenvalue weighted by molar-refractivity contribution is 5.79. The molecule has 2 rings (SSSR count). The zero-order chi connectivity index (χ0) is 17.9.